The molecule has 5 heteroatoms. The number of thioether (sulfide) groups is 1. The van der Waals surface area contributed by atoms with E-state index in [4.69, 9.17) is 0 Å². The Hall–Kier alpha value is -3.10. The standard InChI is InChI=1S/C23H19N3OS/c24-15-18-14-17-8-7-13-21(17)25-23(18)28-16-22(27)26(19-9-3-1-4-10-19)20-11-5-2-6-12-20/h1-6,9-12,14H,7-8,13,16H2. The van der Waals surface area contributed by atoms with Crippen LogP contribution in [0, 0.1) is 11.3 Å². The first-order valence-corrected chi connectivity index (χ1v) is 10.2. The molecule has 1 amide bonds. The molecule has 0 radical (unpaired) electrons. The van der Waals surface area contributed by atoms with E-state index in [1.807, 2.05) is 66.7 Å². The van der Waals surface area contributed by atoms with Gasteiger partial charge in [-0.3, -0.25) is 9.69 Å². The number of fused-ring (bicyclic) bond motifs is 1. The highest BCUT2D eigenvalue weighted by Gasteiger charge is 2.21. The van der Waals surface area contributed by atoms with Crippen LogP contribution in [0.15, 0.2) is 71.8 Å². The fraction of sp³-hybridized carbons (Fsp3) is 0.174. The van der Waals surface area contributed by atoms with E-state index in [-0.39, 0.29) is 11.7 Å². The van der Waals surface area contributed by atoms with Crippen LogP contribution in [0.4, 0.5) is 11.4 Å². The van der Waals surface area contributed by atoms with Gasteiger partial charge in [0.1, 0.15) is 11.1 Å². The largest absolute Gasteiger partial charge is 0.280 e. The number of rotatable bonds is 5. The highest BCUT2D eigenvalue weighted by atomic mass is 32.2. The van der Waals surface area contributed by atoms with Crippen molar-refractivity contribution >= 4 is 29.0 Å². The number of para-hydroxylation sites is 2. The average molecular weight is 385 g/mol. The van der Waals surface area contributed by atoms with Crippen molar-refractivity contribution in [2.45, 2.75) is 24.3 Å². The lowest BCUT2D eigenvalue weighted by atomic mass is 10.2. The summed E-state index contributed by atoms with van der Waals surface area (Å²) in [4.78, 5) is 19.5. The summed E-state index contributed by atoms with van der Waals surface area (Å²) >= 11 is 1.34. The zero-order valence-corrected chi connectivity index (χ0v) is 16.2. The Kier molecular flexibility index (Phi) is 5.41. The Morgan fingerprint density at radius 1 is 1.04 bits per heavy atom. The minimum absolute atomic E-state index is 0.0476. The molecule has 4 nitrogen and oxygen atoms in total. The molecule has 0 fully saturated rings. The normalized spacial score (nSPS) is 12.2. The van der Waals surface area contributed by atoms with Crippen molar-refractivity contribution < 1.29 is 4.79 Å². The van der Waals surface area contributed by atoms with Crippen molar-refractivity contribution in [3.63, 3.8) is 0 Å². The van der Waals surface area contributed by atoms with Crippen molar-refractivity contribution in [2.75, 3.05) is 10.7 Å². The molecule has 0 N–H and O–H groups in total. The topological polar surface area (TPSA) is 57.0 Å². The van der Waals surface area contributed by atoms with E-state index < -0.39 is 0 Å². The lowest BCUT2D eigenvalue weighted by Crippen LogP contribution is -2.27. The van der Waals surface area contributed by atoms with Gasteiger partial charge in [-0.2, -0.15) is 5.26 Å². The molecule has 0 unspecified atom stereocenters. The molecule has 0 saturated carbocycles. The maximum absolute atomic E-state index is 13.1. The van der Waals surface area contributed by atoms with Crippen LogP contribution in [-0.4, -0.2) is 16.6 Å². The summed E-state index contributed by atoms with van der Waals surface area (Å²) in [6.07, 6.45) is 3.01. The van der Waals surface area contributed by atoms with Gasteiger partial charge in [-0.15, -0.1) is 0 Å². The lowest BCUT2D eigenvalue weighted by molar-refractivity contribution is -0.115. The SMILES string of the molecule is N#Cc1cc2c(nc1SCC(=O)N(c1ccccc1)c1ccccc1)CCC2. The quantitative estimate of drug-likeness (QED) is 0.586. The molecule has 0 saturated heterocycles. The minimum Gasteiger partial charge on any atom is -0.280 e. The van der Waals surface area contributed by atoms with Crippen molar-refractivity contribution in [1.82, 2.24) is 4.98 Å². The summed E-state index contributed by atoms with van der Waals surface area (Å²) in [5.41, 5.74) is 4.44. The number of carbonyl (C=O) groups is 1. The Labute approximate surface area is 168 Å². The number of anilines is 2. The second kappa shape index (κ2) is 8.28. The zero-order chi connectivity index (χ0) is 19.3. The van der Waals surface area contributed by atoms with E-state index in [9.17, 15) is 10.1 Å². The summed E-state index contributed by atoms with van der Waals surface area (Å²) in [6, 6.07) is 23.4. The van der Waals surface area contributed by atoms with Gasteiger partial charge in [-0.1, -0.05) is 48.2 Å². The molecular weight excluding hydrogens is 366 g/mol. The summed E-state index contributed by atoms with van der Waals surface area (Å²) in [5, 5.41) is 10.1. The van der Waals surface area contributed by atoms with E-state index in [0.717, 1.165) is 36.3 Å². The molecule has 4 rings (SSSR count). The first kappa shape index (κ1) is 18.3. The summed E-state index contributed by atoms with van der Waals surface area (Å²) in [6.45, 7) is 0. The minimum atomic E-state index is -0.0476. The van der Waals surface area contributed by atoms with E-state index >= 15 is 0 Å². The number of hydrogen-bond acceptors (Lipinski definition) is 4. The fourth-order valence-corrected chi connectivity index (χ4v) is 4.25. The first-order chi connectivity index (χ1) is 13.8. The van der Waals surface area contributed by atoms with Gasteiger partial charge in [0.05, 0.1) is 11.3 Å². The molecule has 0 spiro atoms. The average Bonchev–Trinajstić information content (AvgIpc) is 3.20. The van der Waals surface area contributed by atoms with Gasteiger partial charge in [0.25, 0.3) is 0 Å². The summed E-state index contributed by atoms with van der Waals surface area (Å²) in [5.74, 6) is 0.165. The third-order valence-electron chi connectivity index (χ3n) is 4.75. The van der Waals surface area contributed by atoms with Crippen LogP contribution in [-0.2, 0) is 17.6 Å². The number of hydrogen-bond donors (Lipinski definition) is 0. The number of benzene rings is 2. The van der Waals surface area contributed by atoms with Crippen LogP contribution >= 0.6 is 11.8 Å². The molecular formula is C23H19N3OS. The van der Waals surface area contributed by atoms with Gasteiger partial charge in [0, 0.05) is 17.1 Å². The van der Waals surface area contributed by atoms with Crippen LogP contribution in [0.1, 0.15) is 23.2 Å². The molecule has 1 aromatic heterocycles. The first-order valence-electron chi connectivity index (χ1n) is 9.25. The van der Waals surface area contributed by atoms with E-state index in [1.165, 1.54) is 17.3 Å². The van der Waals surface area contributed by atoms with Crippen molar-refractivity contribution in [3.05, 3.63) is 83.6 Å². The van der Waals surface area contributed by atoms with Crippen LogP contribution in [0.25, 0.3) is 0 Å². The molecule has 1 heterocycles. The number of pyridine rings is 1. The smallest absolute Gasteiger partial charge is 0.241 e. The van der Waals surface area contributed by atoms with Crippen LogP contribution in [0.5, 0.6) is 0 Å². The van der Waals surface area contributed by atoms with Gasteiger partial charge >= 0.3 is 0 Å². The molecule has 0 atom stereocenters. The third-order valence-corrected chi connectivity index (χ3v) is 5.72. The zero-order valence-electron chi connectivity index (χ0n) is 15.3. The third kappa shape index (κ3) is 3.78. The summed E-state index contributed by atoms with van der Waals surface area (Å²) < 4.78 is 0. The van der Waals surface area contributed by atoms with Crippen molar-refractivity contribution in [3.8, 4) is 6.07 Å². The monoisotopic (exact) mass is 385 g/mol. The van der Waals surface area contributed by atoms with Crippen LogP contribution < -0.4 is 4.90 Å². The Bertz CT molecular complexity index is 989. The van der Waals surface area contributed by atoms with E-state index in [2.05, 4.69) is 11.1 Å². The van der Waals surface area contributed by atoms with Crippen LogP contribution in [0.2, 0.25) is 0 Å². The lowest BCUT2D eigenvalue weighted by Gasteiger charge is -2.23. The van der Waals surface area contributed by atoms with Gasteiger partial charge in [0.2, 0.25) is 5.91 Å². The molecule has 3 aromatic rings. The maximum atomic E-state index is 13.1. The number of carbonyl (C=O) groups excluding carboxylic acids is 1. The second-order valence-electron chi connectivity index (χ2n) is 6.60. The molecule has 0 aliphatic heterocycles. The van der Waals surface area contributed by atoms with Gasteiger partial charge in [-0.25, -0.2) is 4.98 Å². The molecule has 138 valence electrons. The van der Waals surface area contributed by atoms with E-state index in [0.29, 0.717) is 10.6 Å². The van der Waals surface area contributed by atoms with Crippen molar-refractivity contribution in [1.29, 1.82) is 5.26 Å². The molecule has 28 heavy (non-hydrogen) atoms. The predicted octanol–water partition coefficient (Wildman–Crippen LogP) is 4.90. The number of nitrogens with zero attached hydrogens (tertiary/aromatic N) is 3. The van der Waals surface area contributed by atoms with Crippen LogP contribution in [0.3, 0.4) is 0 Å². The Morgan fingerprint density at radius 3 is 2.29 bits per heavy atom. The van der Waals surface area contributed by atoms with Gasteiger partial charge < -0.3 is 0 Å². The number of aryl methyl sites for hydroxylation is 2. The van der Waals surface area contributed by atoms with Gasteiger partial charge in [-0.05, 0) is 55.2 Å². The van der Waals surface area contributed by atoms with Gasteiger partial charge in [0.15, 0.2) is 0 Å². The molecule has 1 aliphatic carbocycles. The second-order valence-corrected chi connectivity index (χ2v) is 7.57. The predicted molar refractivity (Wildman–Crippen MR) is 112 cm³/mol. The number of aromatic nitrogens is 1. The summed E-state index contributed by atoms with van der Waals surface area (Å²) in [7, 11) is 0. The molecule has 0 bridgehead atoms. The molecule has 2 aromatic carbocycles. The number of amides is 1. The van der Waals surface area contributed by atoms with Crippen molar-refractivity contribution in [2.24, 2.45) is 0 Å². The Morgan fingerprint density at radius 2 is 1.68 bits per heavy atom. The van der Waals surface area contributed by atoms with E-state index in [1.54, 1.807) is 4.90 Å². The highest BCUT2D eigenvalue weighted by Crippen LogP contribution is 2.30. The highest BCUT2D eigenvalue weighted by molar-refractivity contribution is 8.00. The molecule has 1 aliphatic rings. The fourth-order valence-electron chi connectivity index (χ4n) is 3.43. The maximum Gasteiger partial charge on any atom is 0.241 e. The Balaban J connectivity index is 1.59. The number of nitriles is 1.